The SMILES string of the molecule is CN1CCN(CC(=O)N2CCC[C@@H](c3ccn[nH]3)C2)C1=O. The number of nitrogens with zero attached hydrogens (tertiary/aromatic N) is 4. The van der Waals surface area contributed by atoms with Crippen LogP contribution in [0.15, 0.2) is 12.3 Å². The molecule has 0 radical (unpaired) electrons. The Hall–Kier alpha value is -2.05. The summed E-state index contributed by atoms with van der Waals surface area (Å²) in [5.41, 5.74) is 1.09. The summed E-state index contributed by atoms with van der Waals surface area (Å²) in [6.45, 7) is 3.01. The first-order chi connectivity index (χ1) is 10.1. The highest BCUT2D eigenvalue weighted by molar-refractivity contribution is 5.85. The van der Waals surface area contributed by atoms with Crippen molar-refractivity contribution in [2.75, 3.05) is 39.8 Å². The number of aromatic amines is 1. The number of urea groups is 1. The number of hydrogen-bond acceptors (Lipinski definition) is 3. The number of likely N-dealkylation sites (N-methyl/N-ethyl adjacent to an activating group) is 1. The molecule has 0 aliphatic carbocycles. The first-order valence-electron chi connectivity index (χ1n) is 7.42. The smallest absolute Gasteiger partial charge is 0.320 e. The molecule has 0 spiro atoms. The molecule has 1 aromatic rings. The van der Waals surface area contributed by atoms with Crippen LogP contribution in [0.1, 0.15) is 24.5 Å². The molecule has 2 aliphatic rings. The molecule has 7 heteroatoms. The number of piperidine rings is 1. The van der Waals surface area contributed by atoms with E-state index in [1.807, 2.05) is 11.0 Å². The number of likely N-dealkylation sites (tertiary alicyclic amines) is 1. The van der Waals surface area contributed by atoms with E-state index in [4.69, 9.17) is 0 Å². The van der Waals surface area contributed by atoms with Gasteiger partial charge in [0, 0.05) is 51.0 Å². The second kappa shape index (κ2) is 5.75. The number of hydrogen-bond donors (Lipinski definition) is 1. The normalized spacial score (nSPS) is 23.0. The minimum atomic E-state index is -0.0505. The van der Waals surface area contributed by atoms with Gasteiger partial charge in [-0.15, -0.1) is 0 Å². The third-order valence-electron chi connectivity index (χ3n) is 4.36. The van der Waals surface area contributed by atoms with Crippen LogP contribution >= 0.6 is 0 Å². The Bertz CT molecular complexity index is 515. The van der Waals surface area contributed by atoms with E-state index < -0.39 is 0 Å². The van der Waals surface area contributed by atoms with Gasteiger partial charge in [0.25, 0.3) is 0 Å². The van der Waals surface area contributed by atoms with Gasteiger partial charge in [-0.1, -0.05) is 0 Å². The van der Waals surface area contributed by atoms with Crippen LogP contribution in [0, 0.1) is 0 Å². The lowest BCUT2D eigenvalue weighted by atomic mass is 9.95. The Morgan fingerprint density at radius 3 is 2.95 bits per heavy atom. The molecular formula is C14H21N5O2. The molecule has 3 amide bonds. The van der Waals surface area contributed by atoms with Gasteiger partial charge in [0.1, 0.15) is 6.54 Å². The lowest BCUT2D eigenvalue weighted by Crippen LogP contribution is -2.45. The van der Waals surface area contributed by atoms with Crippen molar-refractivity contribution < 1.29 is 9.59 Å². The Kier molecular flexibility index (Phi) is 3.81. The number of carbonyl (C=O) groups excluding carboxylic acids is 2. The Morgan fingerprint density at radius 1 is 1.43 bits per heavy atom. The fourth-order valence-electron chi connectivity index (χ4n) is 3.06. The quantitative estimate of drug-likeness (QED) is 0.880. The summed E-state index contributed by atoms with van der Waals surface area (Å²) in [5, 5.41) is 6.98. The van der Waals surface area contributed by atoms with E-state index in [1.165, 1.54) is 0 Å². The third kappa shape index (κ3) is 2.86. The predicted molar refractivity (Wildman–Crippen MR) is 76.7 cm³/mol. The largest absolute Gasteiger partial charge is 0.340 e. The monoisotopic (exact) mass is 291 g/mol. The van der Waals surface area contributed by atoms with E-state index in [-0.39, 0.29) is 18.5 Å². The lowest BCUT2D eigenvalue weighted by Gasteiger charge is -2.33. The molecule has 2 saturated heterocycles. The molecule has 1 atom stereocenters. The molecule has 2 aliphatic heterocycles. The molecule has 114 valence electrons. The fourth-order valence-corrected chi connectivity index (χ4v) is 3.06. The van der Waals surface area contributed by atoms with Crippen molar-refractivity contribution in [1.82, 2.24) is 24.9 Å². The summed E-state index contributed by atoms with van der Waals surface area (Å²) >= 11 is 0. The first-order valence-corrected chi connectivity index (χ1v) is 7.42. The molecule has 0 saturated carbocycles. The van der Waals surface area contributed by atoms with Crippen molar-refractivity contribution in [2.24, 2.45) is 0 Å². The molecule has 1 N–H and O–H groups in total. The Balaban J connectivity index is 1.58. The van der Waals surface area contributed by atoms with Crippen LogP contribution in [0.25, 0.3) is 0 Å². The minimum Gasteiger partial charge on any atom is -0.340 e. The number of amides is 3. The van der Waals surface area contributed by atoms with E-state index in [9.17, 15) is 9.59 Å². The van der Waals surface area contributed by atoms with Gasteiger partial charge < -0.3 is 14.7 Å². The molecule has 2 fully saturated rings. The predicted octanol–water partition coefficient (Wildman–Crippen LogP) is 0.483. The maximum absolute atomic E-state index is 12.4. The van der Waals surface area contributed by atoms with Gasteiger partial charge >= 0.3 is 6.03 Å². The highest BCUT2D eigenvalue weighted by Crippen LogP contribution is 2.25. The van der Waals surface area contributed by atoms with Crippen molar-refractivity contribution in [3.05, 3.63) is 18.0 Å². The summed E-state index contributed by atoms with van der Waals surface area (Å²) < 4.78 is 0. The van der Waals surface area contributed by atoms with E-state index >= 15 is 0 Å². The zero-order chi connectivity index (χ0) is 14.8. The van der Waals surface area contributed by atoms with Crippen molar-refractivity contribution in [3.8, 4) is 0 Å². The summed E-state index contributed by atoms with van der Waals surface area (Å²) in [7, 11) is 1.77. The van der Waals surface area contributed by atoms with Gasteiger partial charge in [-0.25, -0.2) is 4.79 Å². The van der Waals surface area contributed by atoms with E-state index in [1.54, 1.807) is 23.0 Å². The zero-order valence-electron chi connectivity index (χ0n) is 12.3. The topological polar surface area (TPSA) is 72.5 Å². The van der Waals surface area contributed by atoms with Crippen LogP contribution in [-0.4, -0.2) is 76.6 Å². The van der Waals surface area contributed by atoms with Gasteiger partial charge in [0.15, 0.2) is 0 Å². The van der Waals surface area contributed by atoms with Gasteiger partial charge in [-0.2, -0.15) is 5.10 Å². The molecule has 3 heterocycles. The third-order valence-corrected chi connectivity index (χ3v) is 4.36. The second-order valence-electron chi connectivity index (χ2n) is 5.82. The van der Waals surface area contributed by atoms with Crippen LogP contribution < -0.4 is 0 Å². The highest BCUT2D eigenvalue weighted by atomic mass is 16.2. The number of H-pyrrole nitrogens is 1. The van der Waals surface area contributed by atoms with Crippen molar-refractivity contribution in [1.29, 1.82) is 0 Å². The van der Waals surface area contributed by atoms with Crippen LogP contribution in [0.2, 0.25) is 0 Å². The molecule has 1 aromatic heterocycles. The van der Waals surface area contributed by atoms with Gasteiger partial charge in [-0.3, -0.25) is 9.89 Å². The number of nitrogens with one attached hydrogen (secondary N) is 1. The molecule has 3 rings (SSSR count). The molecule has 0 unspecified atom stereocenters. The average Bonchev–Trinajstić information content (AvgIpc) is 3.13. The maximum Gasteiger partial charge on any atom is 0.320 e. The number of rotatable bonds is 3. The van der Waals surface area contributed by atoms with Gasteiger partial charge in [0.05, 0.1) is 0 Å². The standard InChI is InChI=1S/C14H21N5O2/c1-17-7-8-19(14(17)21)10-13(20)18-6-2-3-11(9-18)12-4-5-15-16-12/h4-5,11H,2-3,6-10H2,1H3,(H,15,16)/t11-/m1/s1. The van der Waals surface area contributed by atoms with Gasteiger partial charge in [-0.05, 0) is 18.9 Å². The Labute approximate surface area is 123 Å². The van der Waals surface area contributed by atoms with Crippen LogP contribution in [-0.2, 0) is 4.79 Å². The summed E-state index contributed by atoms with van der Waals surface area (Å²) in [4.78, 5) is 29.4. The van der Waals surface area contributed by atoms with Crippen LogP contribution in [0.4, 0.5) is 4.79 Å². The minimum absolute atomic E-state index is 0.0443. The average molecular weight is 291 g/mol. The summed E-state index contributed by atoms with van der Waals surface area (Å²) in [5.74, 6) is 0.366. The van der Waals surface area contributed by atoms with E-state index in [0.717, 1.165) is 25.1 Å². The molecule has 7 nitrogen and oxygen atoms in total. The second-order valence-corrected chi connectivity index (χ2v) is 5.82. The maximum atomic E-state index is 12.4. The van der Waals surface area contributed by atoms with Gasteiger partial charge in [0.2, 0.25) is 5.91 Å². The summed E-state index contributed by atoms with van der Waals surface area (Å²) in [6, 6.07) is 1.92. The molecular weight excluding hydrogens is 270 g/mol. The van der Waals surface area contributed by atoms with Crippen molar-refractivity contribution >= 4 is 11.9 Å². The van der Waals surface area contributed by atoms with Crippen LogP contribution in [0.5, 0.6) is 0 Å². The fraction of sp³-hybridized carbons (Fsp3) is 0.643. The van der Waals surface area contributed by atoms with Crippen molar-refractivity contribution in [3.63, 3.8) is 0 Å². The molecule has 0 bridgehead atoms. The molecule has 21 heavy (non-hydrogen) atoms. The van der Waals surface area contributed by atoms with E-state index in [0.29, 0.717) is 25.6 Å². The number of carbonyl (C=O) groups is 2. The van der Waals surface area contributed by atoms with E-state index in [2.05, 4.69) is 10.2 Å². The highest BCUT2D eigenvalue weighted by Gasteiger charge is 2.31. The van der Waals surface area contributed by atoms with Crippen molar-refractivity contribution in [2.45, 2.75) is 18.8 Å². The molecule has 0 aromatic carbocycles. The first kappa shape index (κ1) is 13.9. The number of aromatic nitrogens is 2. The Morgan fingerprint density at radius 2 is 2.29 bits per heavy atom. The summed E-state index contributed by atoms with van der Waals surface area (Å²) in [6.07, 6.45) is 3.80. The zero-order valence-corrected chi connectivity index (χ0v) is 12.3. The lowest BCUT2D eigenvalue weighted by molar-refractivity contribution is -0.132. The van der Waals surface area contributed by atoms with Crippen LogP contribution in [0.3, 0.4) is 0 Å².